The molecule has 1 amide bonds. The van der Waals surface area contributed by atoms with E-state index in [1.165, 1.54) is 6.33 Å². The molecule has 2 N–H and O–H groups in total. The van der Waals surface area contributed by atoms with Crippen molar-refractivity contribution >= 4 is 28.7 Å². The molecule has 1 aromatic carbocycles. The molecule has 0 unspecified atom stereocenters. The van der Waals surface area contributed by atoms with Crippen LogP contribution in [0.25, 0.3) is 22.3 Å². The van der Waals surface area contributed by atoms with Gasteiger partial charge in [0.05, 0.1) is 16.7 Å². The number of aromatic amines is 1. The zero-order chi connectivity index (χ0) is 26.3. The van der Waals surface area contributed by atoms with E-state index in [0.29, 0.717) is 49.3 Å². The summed E-state index contributed by atoms with van der Waals surface area (Å²) < 4.78 is 41.0. The van der Waals surface area contributed by atoms with Crippen LogP contribution in [0.1, 0.15) is 24.1 Å². The van der Waals surface area contributed by atoms with Gasteiger partial charge in [-0.15, -0.1) is 0 Å². The normalized spacial score (nSPS) is 16.7. The summed E-state index contributed by atoms with van der Waals surface area (Å²) in [5.41, 5.74) is 2.47. The third-order valence-electron chi connectivity index (χ3n) is 6.80. The van der Waals surface area contributed by atoms with E-state index in [-0.39, 0.29) is 23.6 Å². The Labute approximate surface area is 216 Å². The second-order valence-electron chi connectivity index (χ2n) is 9.66. The monoisotopic (exact) mass is 522 g/mol. The molecule has 1 saturated heterocycles. The predicted octanol–water partition coefficient (Wildman–Crippen LogP) is 4.23. The first-order valence-electron chi connectivity index (χ1n) is 12.4. The summed E-state index contributed by atoms with van der Waals surface area (Å²) in [7, 11) is 0. The molecule has 1 saturated carbocycles. The van der Waals surface area contributed by atoms with Crippen molar-refractivity contribution in [2.75, 3.05) is 31.5 Å². The molecule has 12 heteroatoms. The van der Waals surface area contributed by atoms with Crippen LogP contribution in [0.3, 0.4) is 0 Å². The number of nitrogens with one attached hydrogen (secondary N) is 2. The standard InChI is InChI=1S/C26H25F3N8O/c27-26(28,29)22-11-16(14-36-7-9-37(10-8-36)24(38)17-1-2-17)12-23(34-22)35-25-32-20-4-3-18(13-21(20)33-25)19-5-6-30-15-31-19/h3-6,11-13,15,17H,1-2,7-10,14H2,(H2,32,33,34,35). The maximum Gasteiger partial charge on any atom is 0.433 e. The van der Waals surface area contributed by atoms with Gasteiger partial charge in [-0.2, -0.15) is 13.2 Å². The molecular formula is C26H25F3N8O. The van der Waals surface area contributed by atoms with Crippen molar-refractivity contribution in [3.8, 4) is 11.3 Å². The number of carbonyl (C=O) groups excluding carboxylic acids is 1. The van der Waals surface area contributed by atoms with Crippen LogP contribution in [0.4, 0.5) is 24.9 Å². The number of halogens is 3. The highest BCUT2D eigenvalue weighted by Gasteiger charge is 2.35. The minimum Gasteiger partial charge on any atom is -0.340 e. The molecule has 38 heavy (non-hydrogen) atoms. The molecule has 4 aromatic rings. The number of alkyl halides is 3. The van der Waals surface area contributed by atoms with Gasteiger partial charge in [0.15, 0.2) is 0 Å². The first kappa shape index (κ1) is 24.3. The molecule has 1 aliphatic carbocycles. The molecule has 1 aliphatic heterocycles. The number of benzene rings is 1. The van der Waals surface area contributed by atoms with E-state index in [1.807, 2.05) is 23.1 Å². The molecule has 0 atom stereocenters. The Morgan fingerprint density at radius 2 is 1.87 bits per heavy atom. The van der Waals surface area contributed by atoms with Crippen LogP contribution in [0, 0.1) is 5.92 Å². The number of anilines is 2. The molecular weight excluding hydrogens is 497 g/mol. The van der Waals surface area contributed by atoms with Crippen LogP contribution in [0.5, 0.6) is 0 Å². The Kier molecular flexibility index (Phi) is 6.18. The van der Waals surface area contributed by atoms with Crippen molar-refractivity contribution in [3.05, 3.63) is 60.2 Å². The topological polar surface area (TPSA) is 103 Å². The number of H-pyrrole nitrogens is 1. The van der Waals surface area contributed by atoms with E-state index in [9.17, 15) is 18.0 Å². The summed E-state index contributed by atoms with van der Waals surface area (Å²) in [6, 6.07) is 10.0. The summed E-state index contributed by atoms with van der Waals surface area (Å²) in [4.78, 5) is 35.8. The number of nitrogens with zero attached hydrogens (tertiary/aromatic N) is 6. The Morgan fingerprint density at radius 1 is 1.05 bits per heavy atom. The van der Waals surface area contributed by atoms with Gasteiger partial charge >= 0.3 is 6.18 Å². The first-order valence-corrected chi connectivity index (χ1v) is 12.4. The average Bonchev–Trinajstić information content (AvgIpc) is 3.68. The summed E-state index contributed by atoms with van der Waals surface area (Å²) in [6.07, 6.45) is 0.434. The number of hydrogen-bond acceptors (Lipinski definition) is 7. The fourth-order valence-corrected chi connectivity index (χ4v) is 4.67. The van der Waals surface area contributed by atoms with Crippen LogP contribution >= 0.6 is 0 Å². The zero-order valence-corrected chi connectivity index (χ0v) is 20.4. The minimum atomic E-state index is -4.60. The molecule has 0 radical (unpaired) electrons. The maximum absolute atomic E-state index is 13.7. The van der Waals surface area contributed by atoms with E-state index in [2.05, 4.69) is 35.1 Å². The Balaban J connectivity index is 1.20. The fraction of sp³-hybridized carbons (Fsp3) is 0.346. The van der Waals surface area contributed by atoms with Crippen molar-refractivity contribution in [2.24, 2.45) is 5.92 Å². The molecule has 196 valence electrons. The first-order chi connectivity index (χ1) is 18.3. The smallest absolute Gasteiger partial charge is 0.340 e. The molecule has 0 bridgehead atoms. The number of fused-ring (bicyclic) bond motifs is 1. The van der Waals surface area contributed by atoms with E-state index < -0.39 is 11.9 Å². The average molecular weight is 523 g/mol. The zero-order valence-electron chi connectivity index (χ0n) is 20.4. The highest BCUT2D eigenvalue weighted by molar-refractivity contribution is 5.83. The van der Waals surface area contributed by atoms with E-state index in [1.54, 1.807) is 18.3 Å². The Bertz CT molecular complexity index is 1460. The quantitative estimate of drug-likeness (QED) is 0.391. The van der Waals surface area contributed by atoms with Crippen molar-refractivity contribution < 1.29 is 18.0 Å². The van der Waals surface area contributed by atoms with Gasteiger partial charge < -0.3 is 15.2 Å². The number of rotatable bonds is 6. The van der Waals surface area contributed by atoms with Gasteiger partial charge in [-0.1, -0.05) is 6.07 Å². The second-order valence-corrected chi connectivity index (χ2v) is 9.66. The maximum atomic E-state index is 13.7. The predicted molar refractivity (Wildman–Crippen MR) is 134 cm³/mol. The molecule has 0 spiro atoms. The Morgan fingerprint density at radius 3 is 2.58 bits per heavy atom. The van der Waals surface area contributed by atoms with Gasteiger partial charge in [0.2, 0.25) is 11.9 Å². The molecule has 2 aliphatic rings. The van der Waals surface area contributed by atoms with Crippen molar-refractivity contribution in [1.29, 1.82) is 0 Å². The van der Waals surface area contributed by atoms with Crippen LogP contribution in [-0.4, -0.2) is 66.8 Å². The largest absolute Gasteiger partial charge is 0.433 e. The van der Waals surface area contributed by atoms with E-state index >= 15 is 0 Å². The van der Waals surface area contributed by atoms with E-state index in [4.69, 9.17) is 0 Å². The SMILES string of the molecule is O=C(C1CC1)N1CCN(Cc2cc(Nc3nc4ccc(-c5ccncn5)cc4[nH]3)nc(C(F)(F)F)c2)CC1. The molecule has 4 heterocycles. The Hall–Kier alpha value is -4.06. The summed E-state index contributed by atoms with van der Waals surface area (Å²) in [5.74, 6) is 0.702. The van der Waals surface area contributed by atoms with Gasteiger partial charge in [-0.25, -0.2) is 19.9 Å². The van der Waals surface area contributed by atoms with Crippen LogP contribution in [-0.2, 0) is 17.5 Å². The molecule has 2 fully saturated rings. The van der Waals surface area contributed by atoms with Gasteiger partial charge in [0, 0.05) is 50.4 Å². The number of hydrogen-bond donors (Lipinski definition) is 2. The lowest BCUT2D eigenvalue weighted by Gasteiger charge is -2.35. The number of amides is 1. The number of imidazole rings is 1. The highest BCUT2D eigenvalue weighted by atomic mass is 19.4. The van der Waals surface area contributed by atoms with Gasteiger partial charge in [0.1, 0.15) is 17.8 Å². The number of aromatic nitrogens is 5. The second kappa shape index (κ2) is 9.67. The minimum absolute atomic E-state index is 0.0486. The lowest BCUT2D eigenvalue weighted by Crippen LogP contribution is -2.48. The van der Waals surface area contributed by atoms with Crippen LogP contribution < -0.4 is 5.32 Å². The van der Waals surface area contributed by atoms with Crippen LogP contribution in [0.15, 0.2) is 48.9 Å². The van der Waals surface area contributed by atoms with Crippen LogP contribution in [0.2, 0.25) is 0 Å². The van der Waals surface area contributed by atoms with Gasteiger partial charge in [-0.3, -0.25) is 9.69 Å². The summed E-state index contributed by atoms with van der Waals surface area (Å²) in [5, 5.41) is 2.91. The molecule has 3 aromatic heterocycles. The third kappa shape index (κ3) is 5.30. The van der Waals surface area contributed by atoms with Crippen molar-refractivity contribution in [3.63, 3.8) is 0 Å². The molecule has 9 nitrogen and oxygen atoms in total. The number of carbonyl (C=O) groups is 1. The van der Waals surface area contributed by atoms with Gasteiger partial charge in [0.25, 0.3) is 0 Å². The van der Waals surface area contributed by atoms with Crippen molar-refractivity contribution in [2.45, 2.75) is 25.6 Å². The lowest BCUT2D eigenvalue weighted by molar-refractivity contribution is -0.141. The number of piperazine rings is 1. The van der Waals surface area contributed by atoms with E-state index in [0.717, 1.165) is 30.2 Å². The number of pyridine rings is 1. The van der Waals surface area contributed by atoms with Crippen molar-refractivity contribution in [1.82, 2.24) is 34.7 Å². The third-order valence-corrected chi connectivity index (χ3v) is 6.80. The summed E-state index contributed by atoms with van der Waals surface area (Å²) >= 11 is 0. The summed E-state index contributed by atoms with van der Waals surface area (Å²) in [6.45, 7) is 2.74. The van der Waals surface area contributed by atoms with Gasteiger partial charge in [-0.05, 0) is 48.7 Å². The highest BCUT2D eigenvalue weighted by Crippen LogP contribution is 2.32. The molecule has 6 rings (SSSR count). The lowest BCUT2D eigenvalue weighted by atomic mass is 10.1. The fourth-order valence-electron chi connectivity index (χ4n) is 4.67.